The lowest BCUT2D eigenvalue weighted by atomic mass is 10.2. The van der Waals surface area contributed by atoms with Gasteiger partial charge in [-0.2, -0.15) is 0 Å². The Bertz CT molecular complexity index is 743. The molecule has 0 bridgehead atoms. The van der Waals surface area contributed by atoms with Gasteiger partial charge in [0.15, 0.2) is 0 Å². The predicted molar refractivity (Wildman–Crippen MR) is 88.3 cm³/mol. The van der Waals surface area contributed by atoms with Gasteiger partial charge in [0.2, 0.25) is 5.71 Å². The minimum atomic E-state index is 0.0528. The summed E-state index contributed by atoms with van der Waals surface area (Å²) in [5.74, 6) is 1.53. The number of benzene rings is 1. The van der Waals surface area contributed by atoms with Crippen LogP contribution in [0.15, 0.2) is 47.1 Å². The van der Waals surface area contributed by atoms with Crippen LogP contribution in [0.25, 0.3) is 22.4 Å². The third-order valence-corrected chi connectivity index (χ3v) is 3.38. The molecule has 0 aliphatic carbocycles. The van der Waals surface area contributed by atoms with Crippen molar-refractivity contribution in [3.63, 3.8) is 0 Å². The number of ether oxygens (including phenoxy) is 1. The second kappa shape index (κ2) is 7.71. The number of hydrogen-bond donors (Lipinski definition) is 2. The fourth-order valence-electron chi connectivity index (χ4n) is 2.29. The number of aliphatic hydroxyl groups is 1. The maximum atomic E-state index is 8.65. The van der Waals surface area contributed by atoms with Crippen LogP contribution in [0.1, 0.15) is 6.42 Å². The Labute approximate surface area is 134 Å². The van der Waals surface area contributed by atoms with E-state index in [2.05, 4.69) is 15.3 Å². The van der Waals surface area contributed by atoms with Crippen molar-refractivity contribution in [2.45, 2.75) is 6.42 Å². The molecule has 23 heavy (non-hydrogen) atoms. The lowest BCUT2D eigenvalue weighted by molar-refractivity contribution is 0.0922. The van der Waals surface area contributed by atoms with Gasteiger partial charge in [0.05, 0.1) is 18.6 Å². The van der Waals surface area contributed by atoms with Crippen LogP contribution >= 0.6 is 0 Å². The molecule has 0 fully saturated rings. The summed E-state index contributed by atoms with van der Waals surface area (Å²) in [4.78, 5) is 8.47. The van der Waals surface area contributed by atoms with E-state index in [-0.39, 0.29) is 6.61 Å². The number of rotatable bonds is 8. The van der Waals surface area contributed by atoms with Gasteiger partial charge in [-0.3, -0.25) is 0 Å². The van der Waals surface area contributed by atoms with E-state index in [0.717, 1.165) is 35.5 Å². The molecule has 6 nitrogen and oxygen atoms in total. The lowest BCUT2D eigenvalue weighted by Crippen LogP contribution is -2.08. The van der Waals surface area contributed by atoms with Crippen LogP contribution in [-0.2, 0) is 4.74 Å². The zero-order chi connectivity index (χ0) is 15.9. The summed E-state index contributed by atoms with van der Waals surface area (Å²) in [7, 11) is 0. The molecule has 0 radical (unpaired) electrons. The number of furan rings is 1. The molecule has 2 heterocycles. The number of nitrogens with one attached hydrogen (secondary N) is 1. The molecule has 3 aromatic rings. The standard InChI is InChI=1S/C17H19N3O3/c21-8-10-22-9-4-7-18-16-14-11-15(13-5-2-1-3-6-13)23-17(14)20-12-19-16/h1-3,5-6,11-12,21H,4,7-10H2,(H,18,19,20). The highest BCUT2D eigenvalue weighted by molar-refractivity contribution is 5.89. The van der Waals surface area contributed by atoms with Crippen molar-refractivity contribution in [1.82, 2.24) is 9.97 Å². The van der Waals surface area contributed by atoms with E-state index in [9.17, 15) is 0 Å². The minimum Gasteiger partial charge on any atom is -0.438 e. The number of aliphatic hydroxyl groups excluding tert-OH is 1. The molecule has 0 unspecified atom stereocenters. The molecule has 0 aliphatic rings. The van der Waals surface area contributed by atoms with Crippen molar-refractivity contribution in [1.29, 1.82) is 0 Å². The molecule has 0 atom stereocenters. The Balaban J connectivity index is 1.70. The first-order valence-corrected chi connectivity index (χ1v) is 7.61. The molecular formula is C17H19N3O3. The summed E-state index contributed by atoms with van der Waals surface area (Å²) in [5.41, 5.74) is 1.58. The fraction of sp³-hybridized carbons (Fsp3) is 0.294. The number of nitrogens with zero attached hydrogens (tertiary/aromatic N) is 2. The highest BCUT2D eigenvalue weighted by atomic mass is 16.5. The van der Waals surface area contributed by atoms with E-state index >= 15 is 0 Å². The topological polar surface area (TPSA) is 80.4 Å². The van der Waals surface area contributed by atoms with Gasteiger partial charge < -0.3 is 19.6 Å². The maximum Gasteiger partial charge on any atom is 0.231 e. The van der Waals surface area contributed by atoms with E-state index in [0.29, 0.717) is 18.9 Å². The second-order valence-electron chi connectivity index (χ2n) is 5.03. The normalized spacial score (nSPS) is 11.0. The highest BCUT2D eigenvalue weighted by Crippen LogP contribution is 2.29. The van der Waals surface area contributed by atoms with Crippen molar-refractivity contribution in [2.75, 3.05) is 31.7 Å². The Morgan fingerprint density at radius 2 is 2.00 bits per heavy atom. The zero-order valence-corrected chi connectivity index (χ0v) is 12.7. The molecule has 0 amide bonds. The zero-order valence-electron chi connectivity index (χ0n) is 12.7. The molecule has 120 valence electrons. The summed E-state index contributed by atoms with van der Waals surface area (Å²) < 4.78 is 11.0. The molecular weight excluding hydrogens is 294 g/mol. The molecule has 0 saturated heterocycles. The highest BCUT2D eigenvalue weighted by Gasteiger charge is 2.11. The predicted octanol–water partition coefficient (Wildman–Crippen LogP) is 2.70. The van der Waals surface area contributed by atoms with Crippen LogP contribution < -0.4 is 5.32 Å². The Morgan fingerprint density at radius 3 is 2.83 bits per heavy atom. The average Bonchev–Trinajstić information content (AvgIpc) is 3.04. The van der Waals surface area contributed by atoms with Crippen LogP contribution in [0, 0.1) is 0 Å². The molecule has 0 aliphatic heterocycles. The molecule has 2 aromatic heterocycles. The molecule has 2 N–H and O–H groups in total. The third kappa shape index (κ3) is 3.85. The largest absolute Gasteiger partial charge is 0.438 e. The van der Waals surface area contributed by atoms with Gasteiger partial charge in [-0.25, -0.2) is 9.97 Å². The molecule has 0 spiro atoms. The smallest absolute Gasteiger partial charge is 0.231 e. The minimum absolute atomic E-state index is 0.0528. The Kier molecular flexibility index (Phi) is 5.18. The average molecular weight is 313 g/mol. The van der Waals surface area contributed by atoms with E-state index < -0.39 is 0 Å². The van der Waals surface area contributed by atoms with Gasteiger partial charge in [0, 0.05) is 18.7 Å². The van der Waals surface area contributed by atoms with Gasteiger partial charge >= 0.3 is 0 Å². The Hall–Kier alpha value is -2.44. The number of hydrogen-bond acceptors (Lipinski definition) is 6. The summed E-state index contributed by atoms with van der Waals surface area (Å²) in [6.07, 6.45) is 2.32. The maximum absolute atomic E-state index is 8.65. The van der Waals surface area contributed by atoms with Gasteiger partial charge in [0.1, 0.15) is 17.9 Å². The van der Waals surface area contributed by atoms with E-state index in [4.69, 9.17) is 14.3 Å². The van der Waals surface area contributed by atoms with Gasteiger partial charge in [-0.05, 0) is 12.5 Å². The first kappa shape index (κ1) is 15.5. The van der Waals surface area contributed by atoms with Gasteiger partial charge in [-0.1, -0.05) is 30.3 Å². The first-order valence-electron chi connectivity index (χ1n) is 7.61. The number of aromatic nitrogens is 2. The molecule has 1 aromatic carbocycles. The first-order chi connectivity index (χ1) is 11.4. The van der Waals surface area contributed by atoms with Crippen molar-refractivity contribution >= 4 is 16.9 Å². The van der Waals surface area contributed by atoms with Gasteiger partial charge in [-0.15, -0.1) is 0 Å². The van der Waals surface area contributed by atoms with E-state index in [1.54, 1.807) is 0 Å². The van der Waals surface area contributed by atoms with E-state index in [1.807, 2.05) is 36.4 Å². The fourth-order valence-corrected chi connectivity index (χ4v) is 2.29. The van der Waals surface area contributed by atoms with Crippen molar-refractivity contribution in [2.24, 2.45) is 0 Å². The van der Waals surface area contributed by atoms with Crippen LogP contribution in [0.4, 0.5) is 5.82 Å². The van der Waals surface area contributed by atoms with Crippen molar-refractivity contribution in [3.8, 4) is 11.3 Å². The summed E-state index contributed by atoms with van der Waals surface area (Å²) >= 11 is 0. The molecule has 3 rings (SSSR count). The SMILES string of the molecule is OCCOCCCNc1ncnc2oc(-c3ccccc3)cc12. The number of fused-ring (bicyclic) bond motifs is 1. The Morgan fingerprint density at radius 1 is 1.13 bits per heavy atom. The summed E-state index contributed by atoms with van der Waals surface area (Å²) in [5, 5.41) is 12.8. The third-order valence-electron chi connectivity index (χ3n) is 3.38. The van der Waals surface area contributed by atoms with Gasteiger partial charge in [0.25, 0.3) is 0 Å². The van der Waals surface area contributed by atoms with E-state index in [1.165, 1.54) is 6.33 Å². The second-order valence-corrected chi connectivity index (χ2v) is 5.03. The van der Waals surface area contributed by atoms with Crippen LogP contribution in [0.3, 0.4) is 0 Å². The van der Waals surface area contributed by atoms with Crippen LogP contribution in [0.2, 0.25) is 0 Å². The summed E-state index contributed by atoms with van der Waals surface area (Å²) in [6, 6.07) is 11.9. The van der Waals surface area contributed by atoms with Crippen molar-refractivity contribution in [3.05, 3.63) is 42.7 Å². The summed E-state index contributed by atoms with van der Waals surface area (Å²) in [6.45, 7) is 1.75. The van der Waals surface area contributed by atoms with Crippen LogP contribution in [-0.4, -0.2) is 41.4 Å². The van der Waals surface area contributed by atoms with Crippen LogP contribution in [0.5, 0.6) is 0 Å². The monoisotopic (exact) mass is 313 g/mol. The molecule has 0 saturated carbocycles. The lowest BCUT2D eigenvalue weighted by Gasteiger charge is -2.06. The van der Waals surface area contributed by atoms with Crippen molar-refractivity contribution < 1.29 is 14.3 Å². The quantitative estimate of drug-likeness (QED) is 0.622. The molecule has 6 heteroatoms. The number of anilines is 1.